The van der Waals surface area contributed by atoms with E-state index in [2.05, 4.69) is 14.9 Å². The van der Waals surface area contributed by atoms with Crippen molar-refractivity contribution in [1.82, 2.24) is 14.9 Å². The number of carbonyl (C=O) groups excluding carboxylic acids is 1. The van der Waals surface area contributed by atoms with Gasteiger partial charge in [-0.1, -0.05) is 0 Å². The molecular formula is C14H20N4OS. The van der Waals surface area contributed by atoms with E-state index in [4.69, 9.17) is 0 Å². The SMILES string of the molecule is O=C([C@H]1CCCN(c2ncccn2)C1)N1CCSCC1. The molecule has 0 saturated carbocycles. The van der Waals surface area contributed by atoms with Gasteiger partial charge >= 0.3 is 0 Å². The van der Waals surface area contributed by atoms with Crippen LogP contribution in [0, 0.1) is 5.92 Å². The molecule has 6 heteroatoms. The van der Waals surface area contributed by atoms with Crippen LogP contribution < -0.4 is 4.90 Å². The van der Waals surface area contributed by atoms with Gasteiger partial charge in [0.25, 0.3) is 0 Å². The fourth-order valence-electron chi connectivity index (χ4n) is 2.86. The van der Waals surface area contributed by atoms with Crippen LogP contribution in [0.1, 0.15) is 12.8 Å². The minimum atomic E-state index is 0.107. The van der Waals surface area contributed by atoms with Crippen LogP contribution in [0.2, 0.25) is 0 Å². The number of anilines is 1. The topological polar surface area (TPSA) is 49.3 Å². The number of rotatable bonds is 2. The molecule has 2 fully saturated rings. The molecule has 1 aromatic rings. The zero-order valence-corrected chi connectivity index (χ0v) is 12.4. The highest BCUT2D eigenvalue weighted by molar-refractivity contribution is 7.99. The first-order valence-electron chi connectivity index (χ1n) is 7.23. The largest absolute Gasteiger partial charge is 0.341 e. The maximum Gasteiger partial charge on any atom is 0.227 e. The van der Waals surface area contributed by atoms with Gasteiger partial charge in [0.2, 0.25) is 11.9 Å². The molecule has 3 rings (SSSR count). The van der Waals surface area contributed by atoms with Gasteiger partial charge < -0.3 is 9.80 Å². The predicted octanol–water partition coefficient (Wildman–Crippen LogP) is 1.27. The first-order chi connectivity index (χ1) is 9.84. The monoisotopic (exact) mass is 292 g/mol. The minimum absolute atomic E-state index is 0.107. The molecule has 0 unspecified atom stereocenters. The van der Waals surface area contributed by atoms with Crippen molar-refractivity contribution in [3.05, 3.63) is 18.5 Å². The Hall–Kier alpha value is -1.30. The highest BCUT2D eigenvalue weighted by Crippen LogP contribution is 2.23. The molecule has 2 saturated heterocycles. The molecule has 5 nitrogen and oxygen atoms in total. The van der Waals surface area contributed by atoms with Crippen LogP contribution >= 0.6 is 11.8 Å². The Morgan fingerprint density at radius 1 is 1.20 bits per heavy atom. The number of amides is 1. The third-order valence-electron chi connectivity index (χ3n) is 3.93. The molecule has 0 N–H and O–H groups in total. The molecule has 0 aliphatic carbocycles. The Morgan fingerprint density at radius 2 is 1.95 bits per heavy atom. The highest BCUT2D eigenvalue weighted by atomic mass is 32.2. The number of piperidine rings is 1. The van der Waals surface area contributed by atoms with Gasteiger partial charge in [-0.15, -0.1) is 0 Å². The van der Waals surface area contributed by atoms with Crippen LogP contribution in [0.5, 0.6) is 0 Å². The Bertz CT molecular complexity index is 450. The second kappa shape index (κ2) is 6.43. The Kier molecular flexibility index (Phi) is 4.40. The molecule has 1 aromatic heterocycles. The molecule has 108 valence electrons. The lowest BCUT2D eigenvalue weighted by Crippen LogP contribution is -2.47. The second-order valence-corrected chi connectivity index (χ2v) is 6.50. The standard InChI is InChI=1S/C14H20N4OS/c19-13(17-7-9-20-10-8-17)12-3-1-6-18(11-12)14-15-4-2-5-16-14/h2,4-5,12H,1,3,6-11H2/t12-/m0/s1. The molecule has 20 heavy (non-hydrogen) atoms. The van der Waals surface area contributed by atoms with Crippen molar-refractivity contribution in [3.8, 4) is 0 Å². The predicted molar refractivity (Wildman–Crippen MR) is 80.9 cm³/mol. The van der Waals surface area contributed by atoms with E-state index in [1.807, 2.05) is 22.7 Å². The van der Waals surface area contributed by atoms with Gasteiger partial charge in [0.05, 0.1) is 5.92 Å². The zero-order chi connectivity index (χ0) is 13.8. The molecule has 0 aromatic carbocycles. The Morgan fingerprint density at radius 3 is 2.70 bits per heavy atom. The van der Waals surface area contributed by atoms with Crippen molar-refractivity contribution >= 4 is 23.6 Å². The number of thioether (sulfide) groups is 1. The third kappa shape index (κ3) is 3.06. The molecule has 2 aliphatic rings. The molecule has 1 amide bonds. The van der Waals surface area contributed by atoms with E-state index in [0.29, 0.717) is 5.91 Å². The maximum atomic E-state index is 12.6. The summed E-state index contributed by atoms with van der Waals surface area (Å²) in [6.45, 7) is 3.51. The summed E-state index contributed by atoms with van der Waals surface area (Å²) in [5, 5.41) is 0. The maximum absolute atomic E-state index is 12.6. The smallest absolute Gasteiger partial charge is 0.227 e. The van der Waals surface area contributed by atoms with E-state index in [-0.39, 0.29) is 5.92 Å². The number of hydrogen-bond donors (Lipinski definition) is 0. The summed E-state index contributed by atoms with van der Waals surface area (Å²) in [6.07, 6.45) is 5.55. The van der Waals surface area contributed by atoms with E-state index in [1.54, 1.807) is 12.4 Å². The molecule has 2 aliphatic heterocycles. The number of nitrogens with zero attached hydrogens (tertiary/aromatic N) is 4. The van der Waals surface area contributed by atoms with Crippen molar-refractivity contribution in [2.45, 2.75) is 12.8 Å². The van der Waals surface area contributed by atoms with Gasteiger partial charge in [0, 0.05) is 50.1 Å². The first kappa shape index (κ1) is 13.7. The number of aromatic nitrogens is 2. The molecule has 1 atom stereocenters. The number of carbonyl (C=O) groups is 1. The third-order valence-corrected chi connectivity index (χ3v) is 4.87. The van der Waals surface area contributed by atoms with Crippen molar-refractivity contribution in [1.29, 1.82) is 0 Å². The molecule has 0 spiro atoms. The molecule has 3 heterocycles. The van der Waals surface area contributed by atoms with Crippen molar-refractivity contribution in [2.75, 3.05) is 42.6 Å². The van der Waals surface area contributed by atoms with E-state index < -0.39 is 0 Å². The summed E-state index contributed by atoms with van der Waals surface area (Å²) in [5.74, 6) is 3.33. The van der Waals surface area contributed by atoms with E-state index in [9.17, 15) is 4.79 Å². The lowest BCUT2D eigenvalue weighted by atomic mass is 9.96. The summed E-state index contributed by atoms with van der Waals surface area (Å²) in [7, 11) is 0. The average molecular weight is 292 g/mol. The van der Waals surface area contributed by atoms with Gasteiger partial charge in [-0.05, 0) is 18.9 Å². The molecule has 0 bridgehead atoms. The van der Waals surface area contributed by atoms with Crippen LogP contribution in [-0.4, -0.2) is 58.5 Å². The van der Waals surface area contributed by atoms with Gasteiger partial charge in [0.15, 0.2) is 0 Å². The lowest BCUT2D eigenvalue weighted by molar-refractivity contribution is -0.135. The van der Waals surface area contributed by atoms with Crippen LogP contribution in [0.3, 0.4) is 0 Å². The summed E-state index contributed by atoms with van der Waals surface area (Å²) >= 11 is 1.94. The highest BCUT2D eigenvalue weighted by Gasteiger charge is 2.30. The average Bonchev–Trinajstić information content (AvgIpc) is 2.56. The normalized spacial score (nSPS) is 23.7. The Balaban J connectivity index is 1.64. The summed E-state index contributed by atoms with van der Waals surface area (Å²) < 4.78 is 0. The van der Waals surface area contributed by atoms with Crippen LogP contribution in [0.4, 0.5) is 5.95 Å². The van der Waals surface area contributed by atoms with E-state index >= 15 is 0 Å². The fraction of sp³-hybridized carbons (Fsp3) is 0.643. The summed E-state index contributed by atoms with van der Waals surface area (Å²) in [4.78, 5) is 25.4. The second-order valence-electron chi connectivity index (χ2n) is 5.27. The summed E-state index contributed by atoms with van der Waals surface area (Å²) in [6, 6.07) is 1.82. The van der Waals surface area contributed by atoms with Gasteiger partial charge in [-0.25, -0.2) is 9.97 Å². The van der Waals surface area contributed by atoms with E-state index in [1.165, 1.54) is 0 Å². The zero-order valence-electron chi connectivity index (χ0n) is 11.6. The van der Waals surface area contributed by atoms with Crippen LogP contribution in [0.25, 0.3) is 0 Å². The summed E-state index contributed by atoms with van der Waals surface area (Å²) in [5.41, 5.74) is 0. The van der Waals surface area contributed by atoms with Crippen molar-refractivity contribution in [3.63, 3.8) is 0 Å². The van der Waals surface area contributed by atoms with Crippen LogP contribution in [0.15, 0.2) is 18.5 Å². The number of hydrogen-bond acceptors (Lipinski definition) is 5. The molecule has 0 radical (unpaired) electrons. The Labute approximate surface area is 123 Å². The quantitative estimate of drug-likeness (QED) is 0.821. The van der Waals surface area contributed by atoms with Crippen molar-refractivity contribution in [2.24, 2.45) is 5.92 Å². The van der Waals surface area contributed by atoms with Crippen molar-refractivity contribution < 1.29 is 4.79 Å². The van der Waals surface area contributed by atoms with Gasteiger partial charge in [-0.2, -0.15) is 11.8 Å². The van der Waals surface area contributed by atoms with Gasteiger partial charge in [-0.3, -0.25) is 4.79 Å². The van der Waals surface area contributed by atoms with Crippen LogP contribution in [-0.2, 0) is 4.79 Å². The molecular weight excluding hydrogens is 272 g/mol. The minimum Gasteiger partial charge on any atom is -0.341 e. The van der Waals surface area contributed by atoms with E-state index in [0.717, 1.165) is 56.5 Å². The first-order valence-corrected chi connectivity index (χ1v) is 8.38. The van der Waals surface area contributed by atoms with Gasteiger partial charge in [0.1, 0.15) is 0 Å². The fourth-order valence-corrected chi connectivity index (χ4v) is 3.76. The lowest BCUT2D eigenvalue weighted by Gasteiger charge is -2.36.